The Morgan fingerprint density at radius 1 is 1.29 bits per heavy atom. The molecule has 0 N–H and O–H groups in total. The molecule has 3 aliphatic rings. The summed E-state index contributed by atoms with van der Waals surface area (Å²) in [5.74, 6) is 0.496. The van der Waals surface area contributed by atoms with Gasteiger partial charge < -0.3 is 9.64 Å². The summed E-state index contributed by atoms with van der Waals surface area (Å²) in [6.07, 6.45) is -1.27. The Morgan fingerprint density at radius 2 is 1.96 bits per heavy atom. The molecular weight excluding hydrogens is 369 g/mol. The molecule has 152 valence electrons. The molecule has 1 amide bonds. The topological polar surface area (TPSA) is 41.9 Å². The minimum absolute atomic E-state index is 0.122. The number of hydrogen-bond acceptors (Lipinski definition) is 3. The normalized spacial score (nSPS) is 32.4. The first-order valence-electron chi connectivity index (χ1n) is 9.68. The van der Waals surface area contributed by atoms with E-state index in [9.17, 15) is 18.0 Å². The molecule has 1 heterocycles. The zero-order valence-corrected chi connectivity index (χ0v) is 16.4. The zero-order chi connectivity index (χ0) is 20.3. The predicted octanol–water partition coefficient (Wildman–Crippen LogP) is 4.01. The Labute approximate surface area is 162 Å². The predicted molar refractivity (Wildman–Crippen MR) is 99.2 cm³/mol. The molecule has 1 aromatic carbocycles. The number of carbonyl (C=O) groups is 1. The molecule has 2 spiro atoms. The lowest BCUT2D eigenvalue weighted by atomic mass is 9.61. The SMILES string of the molecule is COC1CCC2(CC1)Cc1ccc(CC(F)(F)F)cc1C21N=C(C)N(C)C1=O. The fourth-order valence-corrected chi connectivity index (χ4v) is 5.43. The van der Waals surface area contributed by atoms with E-state index in [0.29, 0.717) is 17.8 Å². The Morgan fingerprint density at radius 3 is 2.50 bits per heavy atom. The number of halogens is 3. The number of nitrogens with zero attached hydrogens (tertiary/aromatic N) is 2. The number of carbonyl (C=O) groups excluding carboxylic acids is 1. The first-order chi connectivity index (χ1) is 13.1. The third-order valence-corrected chi connectivity index (χ3v) is 6.92. The maximum Gasteiger partial charge on any atom is 0.393 e. The van der Waals surface area contributed by atoms with Crippen molar-refractivity contribution in [3.63, 3.8) is 0 Å². The van der Waals surface area contributed by atoms with Gasteiger partial charge in [0.1, 0.15) is 5.84 Å². The number of alkyl halides is 3. The summed E-state index contributed by atoms with van der Waals surface area (Å²) >= 11 is 0. The summed E-state index contributed by atoms with van der Waals surface area (Å²) in [6.45, 7) is 1.79. The van der Waals surface area contributed by atoms with Gasteiger partial charge in [-0.25, -0.2) is 0 Å². The van der Waals surface area contributed by atoms with E-state index in [1.807, 2.05) is 0 Å². The second-order valence-corrected chi connectivity index (χ2v) is 8.41. The van der Waals surface area contributed by atoms with Crippen LogP contribution in [0.15, 0.2) is 23.2 Å². The van der Waals surface area contributed by atoms with Gasteiger partial charge in [0.05, 0.1) is 12.5 Å². The van der Waals surface area contributed by atoms with Crippen LogP contribution < -0.4 is 0 Å². The van der Waals surface area contributed by atoms with Gasteiger partial charge in [0.2, 0.25) is 0 Å². The van der Waals surface area contributed by atoms with Crippen molar-refractivity contribution in [1.82, 2.24) is 4.90 Å². The number of aliphatic imine (C=N–C) groups is 1. The molecule has 1 aromatic rings. The number of fused-ring (bicyclic) bond motifs is 3. The molecule has 28 heavy (non-hydrogen) atoms. The van der Waals surface area contributed by atoms with Crippen molar-refractivity contribution in [3.05, 3.63) is 34.9 Å². The number of amides is 1. The monoisotopic (exact) mass is 394 g/mol. The standard InChI is InChI=1S/C21H25F3N2O2/c1-13-25-21(18(27)26(13)2)17-10-14(11-20(22,23)24)4-5-15(17)12-19(21)8-6-16(28-3)7-9-19/h4-5,10,16H,6-9,11-12H2,1-3H3. The van der Waals surface area contributed by atoms with Crippen LogP contribution in [0.5, 0.6) is 0 Å². The molecule has 0 saturated heterocycles. The summed E-state index contributed by atoms with van der Waals surface area (Å²) in [5, 5.41) is 0. The molecule has 1 saturated carbocycles. The van der Waals surface area contributed by atoms with Gasteiger partial charge in [-0.1, -0.05) is 18.2 Å². The molecule has 1 aliphatic heterocycles. The van der Waals surface area contributed by atoms with E-state index in [4.69, 9.17) is 9.73 Å². The quantitative estimate of drug-likeness (QED) is 0.761. The van der Waals surface area contributed by atoms with E-state index >= 15 is 0 Å². The van der Waals surface area contributed by atoms with Crippen molar-refractivity contribution >= 4 is 11.7 Å². The largest absolute Gasteiger partial charge is 0.393 e. The van der Waals surface area contributed by atoms with E-state index in [1.54, 1.807) is 44.2 Å². The number of likely N-dealkylation sites (N-methyl/N-ethyl adjacent to an activating group) is 1. The maximum atomic E-state index is 13.5. The fraction of sp³-hybridized carbons (Fsp3) is 0.619. The zero-order valence-electron chi connectivity index (χ0n) is 16.4. The van der Waals surface area contributed by atoms with Crippen LogP contribution in [-0.2, 0) is 27.9 Å². The summed E-state index contributed by atoms with van der Waals surface area (Å²) < 4.78 is 44.4. The average Bonchev–Trinajstić information content (AvgIpc) is 3.02. The minimum Gasteiger partial charge on any atom is -0.381 e. The van der Waals surface area contributed by atoms with Gasteiger partial charge in [0.25, 0.3) is 5.91 Å². The molecule has 4 nitrogen and oxygen atoms in total. The van der Waals surface area contributed by atoms with Crippen LogP contribution in [0.25, 0.3) is 0 Å². The molecule has 0 bridgehead atoms. The van der Waals surface area contributed by atoms with E-state index in [1.165, 1.54) is 0 Å². The number of benzene rings is 1. The lowest BCUT2D eigenvalue weighted by molar-refractivity contribution is -0.137. The van der Waals surface area contributed by atoms with Gasteiger partial charge in [-0.15, -0.1) is 0 Å². The number of methoxy groups -OCH3 is 1. The number of amidine groups is 1. The second kappa shape index (κ2) is 6.31. The summed E-state index contributed by atoms with van der Waals surface area (Å²) in [7, 11) is 3.39. The van der Waals surface area contributed by atoms with Crippen LogP contribution in [0.1, 0.15) is 49.3 Å². The summed E-state index contributed by atoms with van der Waals surface area (Å²) in [4.78, 5) is 19.9. The molecule has 1 fully saturated rings. The Balaban J connectivity index is 1.84. The third kappa shape index (κ3) is 2.70. The fourth-order valence-electron chi connectivity index (χ4n) is 5.43. The summed E-state index contributed by atoms with van der Waals surface area (Å²) in [5.41, 5.74) is 0.287. The third-order valence-electron chi connectivity index (χ3n) is 6.92. The second-order valence-electron chi connectivity index (χ2n) is 8.41. The molecule has 4 rings (SSSR count). The van der Waals surface area contributed by atoms with E-state index in [-0.39, 0.29) is 17.6 Å². The molecule has 2 aliphatic carbocycles. The van der Waals surface area contributed by atoms with Crippen molar-refractivity contribution in [1.29, 1.82) is 0 Å². The lowest BCUT2D eigenvalue weighted by Crippen LogP contribution is -2.51. The number of ether oxygens (including phenoxy) is 1. The van der Waals surface area contributed by atoms with Crippen LogP contribution in [0, 0.1) is 5.41 Å². The Kier molecular flexibility index (Phi) is 4.38. The van der Waals surface area contributed by atoms with Crippen molar-refractivity contribution < 1.29 is 22.7 Å². The van der Waals surface area contributed by atoms with E-state index in [0.717, 1.165) is 31.2 Å². The van der Waals surface area contributed by atoms with Crippen molar-refractivity contribution in [2.24, 2.45) is 10.4 Å². The van der Waals surface area contributed by atoms with Crippen LogP contribution in [-0.4, -0.2) is 43.1 Å². The molecule has 1 unspecified atom stereocenters. The first-order valence-corrected chi connectivity index (χ1v) is 9.68. The minimum atomic E-state index is -4.29. The van der Waals surface area contributed by atoms with Gasteiger partial charge in [0.15, 0.2) is 5.54 Å². The highest BCUT2D eigenvalue weighted by Crippen LogP contribution is 2.62. The van der Waals surface area contributed by atoms with Crippen LogP contribution in [0.2, 0.25) is 0 Å². The van der Waals surface area contributed by atoms with E-state index in [2.05, 4.69) is 0 Å². The van der Waals surface area contributed by atoms with Crippen molar-refractivity contribution in [2.75, 3.05) is 14.2 Å². The molecule has 0 radical (unpaired) electrons. The Bertz CT molecular complexity index is 841. The lowest BCUT2D eigenvalue weighted by Gasteiger charge is -2.45. The van der Waals surface area contributed by atoms with Gasteiger partial charge in [-0.05, 0) is 55.7 Å². The first kappa shape index (κ1) is 19.4. The molecular formula is C21H25F3N2O2. The van der Waals surface area contributed by atoms with Gasteiger partial charge in [-0.3, -0.25) is 9.79 Å². The highest BCUT2D eigenvalue weighted by molar-refractivity contribution is 6.08. The van der Waals surface area contributed by atoms with Gasteiger partial charge >= 0.3 is 6.18 Å². The van der Waals surface area contributed by atoms with Crippen LogP contribution in [0.3, 0.4) is 0 Å². The summed E-state index contributed by atoms with van der Waals surface area (Å²) in [6, 6.07) is 4.89. The van der Waals surface area contributed by atoms with Crippen molar-refractivity contribution in [2.45, 2.75) is 63.3 Å². The molecule has 0 aromatic heterocycles. The van der Waals surface area contributed by atoms with Gasteiger partial charge in [-0.2, -0.15) is 13.2 Å². The number of rotatable bonds is 2. The molecule has 1 atom stereocenters. The van der Waals surface area contributed by atoms with E-state index < -0.39 is 23.6 Å². The highest BCUT2D eigenvalue weighted by atomic mass is 19.4. The maximum absolute atomic E-state index is 13.5. The van der Waals surface area contributed by atoms with Crippen molar-refractivity contribution in [3.8, 4) is 0 Å². The smallest absolute Gasteiger partial charge is 0.381 e. The van der Waals surface area contributed by atoms with Crippen LogP contribution in [0.4, 0.5) is 13.2 Å². The van der Waals surface area contributed by atoms with Crippen LogP contribution >= 0.6 is 0 Å². The Hall–Kier alpha value is -1.89. The number of hydrogen-bond donors (Lipinski definition) is 0. The average molecular weight is 394 g/mol. The highest BCUT2D eigenvalue weighted by Gasteiger charge is 2.65. The van der Waals surface area contributed by atoms with Gasteiger partial charge in [0, 0.05) is 19.6 Å². The molecule has 7 heteroatoms.